The number of rotatable bonds is 8. The lowest BCUT2D eigenvalue weighted by Gasteiger charge is -2.38. The molecule has 0 bridgehead atoms. The summed E-state index contributed by atoms with van der Waals surface area (Å²) >= 11 is 0. The highest BCUT2D eigenvalue weighted by molar-refractivity contribution is 5.63. The molecule has 1 heterocycles. The molecule has 6 heteroatoms. The SMILES string of the molecule is CCC/C=C\c1c(C)c(C)cc(OC)c1CN1CCN(C(C)CC(F)(F)F)CC1. The normalized spacial score (nSPS) is 17.8. The van der Waals surface area contributed by atoms with Gasteiger partial charge in [-0.1, -0.05) is 25.5 Å². The molecule has 3 nitrogen and oxygen atoms in total. The average Bonchev–Trinajstić information content (AvgIpc) is 2.66. The Hall–Kier alpha value is -1.53. The van der Waals surface area contributed by atoms with Crippen molar-refractivity contribution in [2.24, 2.45) is 0 Å². The van der Waals surface area contributed by atoms with Gasteiger partial charge in [0, 0.05) is 44.3 Å². The summed E-state index contributed by atoms with van der Waals surface area (Å²) in [7, 11) is 1.70. The van der Waals surface area contributed by atoms with Crippen LogP contribution in [0.5, 0.6) is 5.75 Å². The fourth-order valence-electron chi connectivity index (χ4n) is 3.95. The monoisotopic (exact) mass is 412 g/mol. The number of piperazine rings is 1. The molecule has 1 aliphatic heterocycles. The van der Waals surface area contributed by atoms with E-state index in [9.17, 15) is 13.2 Å². The summed E-state index contributed by atoms with van der Waals surface area (Å²) in [4.78, 5) is 4.27. The van der Waals surface area contributed by atoms with Crippen molar-refractivity contribution in [2.75, 3.05) is 33.3 Å². The fourth-order valence-corrected chi connectivity index (χ4v) is 3.95. The molecule has 0 aromatic heterocycles. The van der Waals surface area contributed by atoms with E-state index in [2.05, 4.69) is 43.9 Å². The van der Waals surface area contributed by atoms with Crippen LogP contribution in [0.15, 0.2) is 12.1 Å². The number of benzene rings is 1. The minimum absolute atomic E-state index is 0.471. The summed E-state index contributed by atoms with van der Waals surface area (Å²) in [6.45, 7) is 11.7. The van der Waals surface area contributed by atoms with Gasteiger partial charge in [0.05, 0.1) is 13.5 Å². The second kappa shape index (κ2) is 10.5. The molecule has 164 valence electrons. The van der Waals surface area contributed by atoms with Gasteiger partial charge >= 0.3 is 6.18 Å². The van der Waals surface area contributed by atoms with Crippen LogP contribution in [-0.4, -0.2) is 55.3 Å². The molecule has 0 radical (unpaired) electrons. The Bertz CT molecular complexity index is 692. The van der Waals surface area contributed by atoms with Crippen molar-refractivity contribution >= 4 is 6.08 Å². The molecule has 0 N–H and O–H groups in total. The van der Waals surface area contributed by atoms with E-state index >= 15 is 0 Å². The van der Waals surface area contributed by atoms with Crippen molar-refractivity contribution in [3.63, 3.8) is 0 Å². The molecule has 0 amide bonds. The van der Waals surface area contributed by atoms with Gasteiger partial charge in [-0.2, -0.15) is 13.2 Å². The first-order valence-electron chi connectivity index (χ1n) is 10.5. The van der Waals surface area contributed by atoms with Crippen LogP contribution >= 0.6 is 0 Å². The maximum absolute atomic E-state index is 12.7. The molecule has 2 rings (SSSR count). The van der Waals surface area contributed by atoms with Gasteiger partial charge in [-0.05, 0) is 49.9 Å². The fraction of sp³-hybridized carbons (Fsp3) is 0.652. The Kier molecular flexibility index (Phi) is 8.58. The van der Waals surface area contributed by atoms with Gasteiger partial charge in [-0.25, -0.2) is 0 Å². The summed E-state index contributed by atoms with van der Waals surface area (Å²) < 4.78 is 43.8. The standard InChI is InChI=1S/C23H35F3N2O/c1-6-7-8-9-20-19(4)17(2)14-22(29-5)21(20)16-27-10-12-28(13-11-27)18(3)15-23(24,25)26/h8-9,14,18H,6-7,10-13,15-16H2,1-5H3/b9-8-. The molecule has 0 spiro atoms. The van der Waals surface area contributed by atoms with Crippen molar-refractivity contribution in [1.82, 2.24) is 9.80 Å². The molecule has 1 aromatic rings. The van der Waals surface area contributed by atoms with Crippen LogP contribution in [0.2, 0.25) is 0 Å². The van der Waals surface area contributed by atoms with Crippen molar-refractivity contribution in [3.8, 4) is 5.75 Å². The Morgan fingerprint density at radius 2 is 1.83 bits per heavy atom. The van der Waals surface area contributed by atoms with Crippen LogP contribution in [-0.2, 0) is 6.54 Å². The summed E-state index contributed by atoms with van der Waals surface area (Å²) in [5.41, 5.74) is 4.83. The highest BCUT2D eigenvalue weighted by Gasteiger charge is 2.33. The minimum Gasteiger partial charge on any atom is -0.496 e. The van der Waals surface area contributed by atoms with Crippen LogP contribution in [0.3, 0.4) is 0 Å². The van der Waals surface area contributed by atoms with Gasteiger partial charge in [0.15, 0.2) is 0 Å². The molecule has 1 saturated heterocycles. The number of halogens is 3. The van der Waals surface area contributed by atoms with E-state index in [0.717, 1.165) is 38.2 Å². The number of unbranched alkanes of at least 4 members (excludes halogenated alkanes) is 1. The number of methoxy groups -OCH3 is 1. The van der Waals surface area contributed by atoms with Crippen LogP contribution in [0.1, 0.15) is 55.4 Å². The van der Waals surface area contributed by atoms with Crippen LogP contribution in [0.25, 0.3) is 6.08 Å². The summed E-state index contributed by atoms with van der Waals surface area (Å²) in [5.74, 6) is 0.886. The lowest BCUT2D eigenvalue weighted by molar-refractivity contribution is -0.147. The number of allylic oxidation sites excluding steroid dienone is 1. The second-order valence-electron chi connectivity index (χ2n) is 8.08. The quantitative estimate of drug-likeness (QED) is 0.554. The molecular weight excluding hydrogens is 377 g/mol. The first-order chi connectivity index (χ1) is 13.7. The van der Waals surface area contributed by atoms with E-state index in [4.69, 9.17) is 4.74 Å². The maximum Gasteiger partial charge on any atom is 0.390 e. The summed E-state index contributed by atoms with van der Waals surface area (Å²) in [6, 6.07) is 1.62. The number of nitrogens with zero attached hydrogens (tertiary/aromatic N) is 2. The third-order valence-corrected chi connectivity index (χ3v) is 5.86. The summed E-state index contributed by atoms with van der Waals surface area (Å²) in [5, 5.41) is 0. The van der Waals surface area contributed by atoms with Crippen LogP contribution < -0.4 is 4.74 Å². The topological polar surface area (TPSA) is 15.7 Å². The number of ether oxygens (including phenoxy) is 1. The highest BCUT2D eigenvalue weighted by Crippen LogP contribution is 2.31. The zero-order valence-corrected chi connectivity index (χ0v) is 18.4. The Morgan fingerprint density at radius 3 is 2.38 bits per heavy atom. The molecule has 0 aliphatic carbocycles. The molecule has 1 fully saturated rings. The number of hydrogen-bond donors (Lipinski definition) is 0. The van der Waals surface area contributed by atoms with Gasteiger partial charge in [-0.3, -0.25) is 9.80 Å². The van der Waals surface area contributed by atoms with E-state index in [1.165, 1.54) is 22.3 Å². The second-order valence-corrected chi connectivity index (χ2v) is 8.08. The van der Waals surface area contributed by atoms with Gasteiger partial charge < -0.3 is 4.74 Å². The third-order valence-electron chi connectivity index (χ3n) is 5.86. The first kappa shape index (κ1) is 23.7. The van der Waals surface area contributed by atoms with Gasteiger partial charge in [0.2, 0.25) is 0 Å². The Morgan fingerprint density at radius 1 is 1.17 bits per heavy atom. The Balaban J connectivity index is 2.13. The van der Waals surface area contributed by atoms with E-state index in [0.29, 0.717) is 13.1 Å². The molecule has 1 aliphatic rings. The van der Waals surface area contributed by atoms with Crippen LogP contribution in [0.4, 0.5) is 13.2 Å². The lowest BCUT2D eigenvalue weighted by atomic mass is 9.95. The minimum atomic E-state index is -4.11. The molecule has 0 saturated carbocycles. The number of hydrogen-bond acceptors (Lipinski definition) is 3. The predicted molar refractivity (Wildman–Crippen MR) is 113 cm³/mol. The van der Waals surface area contributed by atoms with Gasteiger partial charge in [-0.15, -0.1) is 0 Å². The highest BCUT2D eigenvalue weighted by atomic mass is 19.4. The average molecular weight is 413 g/mol. The first-order valence-corrected chi connectivity index (χ1v) is 10.5. The zero-order chi connectivity index (χ0) is 21.6. The largest absolute Gasteiger partial charge is 0.496 e. The number of alkyl halides is 3. The van der Waals surface area contributed by atoms with Gasteiger partial charge in [0.1, 0.15) is 5.75 Å². The van der Waals surface area contributed by atoms with Crippen LogP contribution in [0, 0.1) is 13.8 Å². The van der Waals surface area contributed by atoms with Crippen molar-refractivity contribution in [3.05, 3.63) is 34.4 Å². The summed E-state index contributed by atoms with van der Waals surface area (Å²) in [6.07, 6.45) is 1.69. The molecule has 1 atom stereocenters. The lowest BCUT2D eigenvalue weighted by Crippen LogP contribution is -2.50. The van der Waals surface area contributed by atoms with Crippen molar-refractivity contribution in [2.45, 2.75) is 65.7 Å². The van der Waals surface area contributed by atoms with Gasteiger partial charge in [0.25, 0.3) is 0 Å². The van der Waals surface area contributed by atoms with Crippen molar-refractivity contribution in [1.29, 1.82) is 0 Å². The van der Waals surface area contributed by atoms with E-state index in [1.807, 2.05) is 4.90 Å². The van der Waals surface area contributed by atoms with E-state index in [1.54, 1.807) is 14.0 Å². The predicted octanol–water partition coefficient (Wildman–Crippen LogP) is 5.58. The maximum atomic E-state index is 12.7. The Labute approximate surface area is 173 Å². The molecule has 29 heavy (non-hydrogen) atoms. The third kappa shape index (κ3) is 6.75. The molecule has 1 aromatic carbocycles. The molecular formula is C23H35F3N2O. The van der Waals surface area contributed by atoms with E-state index < -0.39 is 18.6 Å². The van der Waals surface area contributed by atoms with Crippen molar-refractivity contribution < 1.29 is 17.9 Å². The molecule has 1 unspecified atom stereocenters. The number of aryl methyl sites for hydroxylation is 1. The smallest absolute Gasteiger partial charge is 0.390 e. The zero-order valence-electron chi connectivity index (χ0n) is 18.4. The van der Waals surface area contributed by atoms with E-state index in [-0.39, 0.29) is 0 Å².